The minimum atomic E-state index is -1.18. The zero-order valence-electron chi connectivity index (χ0n) is 24.5. The second-order valence-electron chi connectivity index (χ2n) is 12.2. The largest absolute Gasteiger partial charge is 0.447 e. The quantitative estimate of drug-likeness (QED) is 0.0858. The Morgan fingerprint density at radius 3 is 2.17 bits per heavy atom. The third-order valence-corrected chi connectivity index (χ3v) is 8.85. The zero-order chi connectivity index (χ0) is 26.8. The Bertz CT molecular complexity index is 629. The van der Waals surface area contributed by atoms with Crippen molar-refractivity contribution in [1.29, 1.82) is 0 Å². The van der Waals surface area contributed by atoms with Crippen LogP contribution in [-0.2, 0) is 14.3 Å². The molecule has 0 radical (unpaired) electrons. The minimum absolute atomic E-state index is 0.109. The first-order valence-corrected chi connectivity index (χ1v) is 18.6. The smallest absolute Gasteiger partial charge is 0.416 e. The third-order valence-electron chi connectivity index (χ3n) is 7.14. The highest BCUT2D eigenvalue weighted by Gasteiger charge is 2.42. The summed E-state index contributed by atoms with van der Waals surface area (Å²) in [5.41, 5.74) is 0. The third kappa shape index (κ3) is 14.6. The summed E-state index contributed by atoms with van der Waals surface area (Å²) in [4.78, 5) is 27.1. The van der Waals surface area contributed by atoms with Crippen LogP contribution < -0.4 is 0 Å². The van der Waals surface area contributed by atoms with Gasteiger partial charge < -0.3 is 9.47 Å². The van der Waals surface area contributed by atoms with Gasteiger partial charge in [-0.3, -0.25) is 4.79 Å². The van der Waals surface area contributed by atoms with E-state index in [0.29, 0.717) is 19.8 Å². The lowest BCUT2D eigenvalue weighted by molar-refractivity contribution is -0.136. The molecule has 0 aliphatic carbocycles. The molecule has 0 aromatic heterocycles. The van der Waals surface area contributed by atoms with Crippen LogP contribution in [0.3, 0.4) is 0 Å². The van der Waals surface area contributed by atoms with Gasteiger partial charge in [-0.15, -0.1) is 0 Å². The van der Waals surface area contributed by atoms with Crippen molar-refractivity contribution in [3.63, 3.8) is 0 Å². The molecule has 0 bridgehead atoms. The van der Waals surface area contributed by atoms with Crippen LogP contribution in [-0.4, -0.2) is 50.8 Å². The first kappa shape index (κ1) is 32.9. The maximum Gasteiger partial charge on any atom is 0.416 e. The van der Waals surface area contributed by atoms with Crippen LogP contribution in [0.25, 0.3) is 0 Å². The summed E-state index contributed by atoms with van der Waals surface area (Å²) in [5, 5.41) is 0. The average molecular weight is 524 g/mol. The molecule has 0 unspecified atom stereocenters. The van der Waals surface area contributed by atoms with E-state index < -0.39 is 14.2 Å². The second-order valence-corrected chi connectivity index (χ2v) is 17.8. The highest BCUT2D eigenvalue weighted by molar-refractivity contribution is 6.76. The van der Waals surface area contributed by atoms with Gasteiger partial charge in [-0.05, 0) is 44.1 Å². The summed E-state index contributed by atoms with van der Waals surface area (Å²) < 4.78 is 11.2. The number of carbonyl (C=O) groups excluding carboxylic acids is 2. The number of amides is 2. The standard InChI is InChI=1S/C30H57NO4Si/c1-7-8-9-10-11-12-13-14-15-16-17-18-19-20-21-27(24-34-22-23-36(4,5)6)29(32)31-28(26(2)3)25-35-30(31)33/h14-15,26-28H,7-13,16-25H2,1-6H3/b15-14-/t27-,28-/m1/s1. The number of nitrogens with zero attached hydrogens (tertiary/aromatic N) is 1. The molecule has 1 rings (SSSR count). The van der Waals surface area contributed by atoms with Crippen LogP contribution >= 0.6 is 0 Å². The van der Waals surface area contributed by atoms with Crippen molar-refractivity contribution in [3.05, 3.63) is 12.2 Å². The van der Waals surface area contributed by atoms with Gasteiger partial charge in [0.1, 0.15) is 6.61 Å². The first-order chi connectivity index (χ1) is 17.2. The number of carbonyl (C=O) groups is 2. The predicted octanol–water partition coefficient (Wildman–Crippen LogP) is 8.61. The van der Waals surface area contributed by atoms with Gasteiger partial charge in [0, 0.05) is 14.7 Å². The molecule has 36 heavy (non-hydrogen) atoms. The number of imide groups is 1. The van der Waals surface area contributed by atoms with E-state index in [1.54, 1.807) is 0 Å². The van der Waals surface area contributed by atoms with Gasteiger partial charge in [-0.1, -0.05) is 104 Å². The topological polar surface area (TPSA) is 55.8 Å². The molecule has 0 spiro atoms. The van der Waals surface area contributed by atoms with E-state index >= 15 is 0 Å². The van der Waals surface area contributed by atoms with Gasteiger partial charge in [0.05, 0.1) is 18.6 Å². The van der Waals surface area contributed by atoms with Crippen molar-refractivity contribution in [3.8, 4) is 0 Å². The van der Waals surface area contributed by atoms with Crippen LogP contribution in [0.5, 0.6) is 0 Å². The molecule has 2 atom stereocenters. The van der Waals surface area contributed by atoms with Crippen LogP contribution in [0.15, 0.2) is 12.2 Å². The van der Waals surface area contributed by atoms with Gasteiger partial charge in [-0.25, -0.2) is 9.69 Å². The van der Waals surface area contributed by atoms with Crippen molar-refractivity contribution in [2.75, 3.05) is 19.8 Å². The predicted molar refractivity (Wildman–Crippen MR) is 154 cm³/mol. The van der Waals surface area contributed by atoms with Gasteiger partial charge in [0.25, 0.3) is 0 Å². The molecule has 1 aliphatic heterocycles. The molecule has 1 aliphatic rings. The average Bonchev–Trinajstić information content (AvgIpc) is 3.21. The van der Waals surface area contributed by atoms with E-state index in [2.05, 4.69) is 38.7 Å². The lowest BCUT2D eigenvalue weighted by atomic mass is 9.97. The van der Waals surface area contributed by atoms with Crippen LogP contribution in [0.4, 0.5) is 4.79 Å². The van der Waals surface area contributed by atoms with Gasteiger partial charge in [-0.2, -0.15) is 0 Å². The molecule has 0 N–H and O–H groups in total. The monoisotopic (exact) mass is 523 g/mol. The molecule has 1 heterocycles. The summed E-state index contributed by atoms with van der Waals surface area (Å²) in [6, 6.07) is 0.915. The number of hydrogen-bond acceptors (Lipinski definition) is 4. The Morgan fingerprint density at radius 2 is 1.58 bits per heavy atom. The Kier molecular flexibility index (Phi) is 17.4. The molecule has 1 fully saturated rings. The zero-order valence-corrected chi connectivity index (χ0v) is 25.5. The number of cyclic esters (lactones) is 1. The summed E-state index contributed by atoms with van der Waals surface area (Å²) in [7, 11) is -1.18. The first-order valence-electron chi connectivity index (χ1n) is 14.9. The second kappa shape index (κ2) is 19.0. The van der Waals surface area contributed by atoms with E-state index in [-0.39, 0.29) is 23.8 Å². The Balaban J connectivity index is 2.37. The molecular weight excluding hydrogens is 466 g/mol. The summed E-state index contributed by atoms with van der Waals surface area (Å²) >= 11 is 0. The Morgan fingerprint density at radius 1 is 1.00 bits per heavy atom. The number of hydrogen-bond donors (Lipinski definition) is 0. The van der Waals surface area contributed by atoms with Crippen molar-refractivity contribution in [1.82, 2.24) is 4.90 Å². The minimum Gasteiger partial charge on any atom is -0.447 e. The molecule has 0 saturated carbocycles. The molecule has 5 nitrogen and oxygen atoms in total. The van der Waals surface area contributed by atoms with Crippen LogP contribution in [0.1, 0.15) is 104 Å². The van der Waals surface area contributed by atoms with Gasteiger partial charge in [0.15, 0.2) is 0 Å². The number of unbranched alkanes of at least 4 members (excludes halogenated alkanes) is 10. The van der Waals surface area contributed by atoms with Gasteiger partial charge in [0.2, 0.25) is 5.91 Å². The summed E-state index contributed by atoms with van der Waals surface area (Å²) in [6.07, 6.45) is 20.0. The molecule has 0 aromatic carbocycles. The van der Waals surface area contributed by atoms with E-state index in [1.165, 1.54) is 62.7 Å². The lowest BCUT2D eigenvalue weighted by Gasteiger charge is -2.27. The van der Waals surface area contributed by atoms with Crippen molar-refractivity contribution < 1.29 is 19.1 Å². The van der Waals surface area contributed by atoms with E-state index in [0.717, 1.165) is 31.7 Å². The van der Waals surface area contributed by atoms with E-state index in [9.17, 15) is 9.59 Å². The van der Waals surface area contributed by atoms with E-state index in [4.69, 9.17) is 9.47 Å². The molecule has 0 aromatic rings. The van der Waals surface area contributed by atoms with Crippen molar-refractivity contribution in [2.24, 2.45) is 11.8 Å². The molecule has 2 amide bonds. The normalized spacial score (nSPS) is 17.4. The van der Waals surface area contributed by atoms with Crippen molar-refractivity contribution in [2.45, 2.75) is 136 Å². The van der Waals surface area contributed by atoms with Gasteiger partial charge >= 0.3 is 6.09 Å². The fourth-order valence-electron chi connectivity index (χ4n) is 4.54. The molecular formula is C30H57NO4Si. The lowest BCUT2D eigenvalue weighted by Crippen LogP contribution is -2.46. The molecule has 1 saturated heterocycles. The number of allylic oxidation sites excluding steroid dienone is 2. The maximum absolute atomic E-state index is 13.4. The summed E-state index contributed by atoms with van der Waals surface area (Å²) in [5.74, 6) is -0.194. The van der Waals surface area contributed by atoms with Crippen LogP contribution in [0, 0.1) is 11.8 Å². The Labute approximate surface area is 223 Å². The fourth-order valence-corrected chi connectivity index (χ4v) is 5.30. The highest BCUT2D eigenvalue weighted by atomic mass is 28.3. The maximum atomic E-state index is 13.4. The SMILES string of the molecule is CCCCCCCC/C=C\CCCCCC[C@H](COCC[Si](C)(C)C)C(=O)N1C(=O)OC[C@@H]1C(C)C. The van der Waals surface area contributed by atoms with Crippen LogP contribution in [0.2, 0.25) is 25.7 Å². The molecule has 210 valence electrons. The number of rotatable bonds is 21. The fraction of sp³-hybridized carbons (Fsp3) is 0.867. The molecule has 6 heteroatoms. The van der Waals surface area contributed by atoms with E-state index in [1.807, 2.05) is 13.8 Å². The van der Waals surface area contributed by atoms with Crippen molar-refractivity contribution >= 4 is 20.1 Å². The Hall–Kier alpha value is -1.14. The number of ether oxygens (including phenoxy) is 2. The summed E-state index contributed by atoms with van der Waals surface area (Å²) in [6.45, 7) is 14.7. The highest BCUT2D eigenvalue weighted by Crippen LogP contribution is 2.25.